The molecule has 25 heavy (non-hydrogen) atoms. The van der Waals surface area contributed by atoms with Gasteiger partial charge >= 0.3 is 0 Å². The third kappa shape index (κ3) is 3.46. The average molecular weight is 342 g/mol. The summed E-state index contributed by atoms with van der Waals surface area (Å²) in [6, 6.07) is 1.94. The number of nitrogens with zero attached hydrogens (tertiary/aromatic N) is 6. The molecule has 2 aromatic heterocycles. The van der Waals surface area contributed by atoms with E-state index in [-0.39, 0.29) is 0 Å². The maximum atomic E-state index is 5.24. The molecule has 0 aliphatic carbocycles. The molecule has 7 heteroatoms. The first kappa shape index (κ1) is 16.3. The van der Waals surface area contributed by atoms with Crippen LogP contribution in [0.1, 0.15) is 24.8 Å². The van der Waals surface area contributed by atoms with Crippen LogP contribution >= 0.6 is 0 Å². The van der Waals surface area contributed by atoms with Gasteiger partial charge in [-0.1, -0.05) is 0 Å². The maximum Gasteiger partial charge on any atom is 0.218 e. The Hall–Kier alpha value is -2.15. The zero-order valence-electron chi connectivity index (χ0n) is 15.1. The predicted molar refractivity (Wildman–Crippen MR) is 95.6 cm³/mol. The van der Waals surface area contributed by atoms with Crippen molar-refractivity contribution in [1.82, 2.24) is 24.6 Å². The van der Waals surface area contributed by atoms with Crippen molar-refractivity contribution in [3.63, 3.8) is 0 Å². The second-order valence-corrected chi connectivity index (χ2v) is 7.43. The molecule has 0 saturated carbocycles. The fourth-order valence-corrected chi connectivity index (χ4v) is 4.34. The van der Waals surface area contributed by atoms with Crippen molar-refractivity contribution >= 4 is 5.82 Å². The summed E-state index contributed by atoms with van der Waals surface area (Å²) in [7, 11) is 3.63. The molecule has 4 rings (SSSR count). The fraction of sp³-hybridized carbons (Fsp3) is 0.611. The summed E-state index contributed by atoms with van der Waals surface area (Å²) in [6.07, 6.45) is 9.48. The van der Waals surface area contributed by atoms with Crippen molar-refractivity contribution in [2.45, 2.75) is 25.8 Å². The lowest BCUT2D eigenvalue weighted by Gasteiger charge is -2.40. The summed E-state index contributed by atoms with van der Waals surface area (Å²) in [5.41, 5.74) is 1.67. The number of aryl methyl sites for hydroxylation is 1. The van der Waals surface area contributed by atoms with Crippen LogP contribution in [0.15, 0.2) is 24.8 Å². The molecule has 4 heterocycles. The number of methoxy groups -OCH3 is 1. The van der Waals surface area contributed by atoms with Crippen LogP contribution in [0.3, 0.4) is 0 Å². The SMILES string of the molecule is COc1cc(N2CC[C@@]3(CCCN(Cc4cnn(C)c4)C3)C2)ncn1. The van der Waals surface area contributed by atoms with E-state index < -0.39 is 0 Å². The third-order valence-corrected chi connectivity index (χ3v) is 5.50. The minimum absolute atomic E-state index is 0.374. The van der Waals surface area contributed by atoms with E-state index in [4.69, 9.17) is 4.74 Å². The van der Waals surface area contributed by atoms with Gasteiger partial charge in [0.1, 0.15) is 12.1 Å². The van der Waals surface area contributed by atoms with E-state index in [1.807, 2.05) is 24.0 Å². The van der Waals surface area contributed by atoms with Gasteiger partial charge in [0.2, 0.25) is 5.88 Å². The predicted octanol–water partition coefficient (Wildman–Crippen LogP) is 1.71. The summed E-state index contributed by atoms with van der Waals surface area (Å²) in [6.45, 7) is 5.45. The quantitative estimate of drug-likeness (QED) is 0.843. The van der Waals surface area contributed by atoms with Gasteiger partial charge in [-0.2, -0.15) is 5.10 Å². The molecule has 0 aromatic carbocycles. The molecule has 0 bridgehead atoms. The van der Waals surface area contributed by atoms with E-state index >= 15 is 0 Å². The van der Waals surface area contributed by atoms with Crippen LogP contribution in [0.2, 0.25) is 0 Å². The van der Waals surface area contributed by atoms with Crippen molar-refractivity contribution in [1.29, 1.82) is 0 Å². The lowest BCUT2D eigenvalue weighted by atomic mass is 9.79. The molecule has 0 unspecified atom stereocenters. The molecule has 0 amide bonds. The Kier molecular flexibility index (Phi) is 4.33. The van der Waals surface area contributed by atoms with Gasteiger partial charge < -0.3 is 9.64 Å². The lowest BCUT2D eigenvalue weighted by molar-refractivity contribution is 0.0991. The zero-order chi connectivity index (χ0) is 17.3. The first-order valence-corrected chi connectivity index (χ1v) is 8.97. The van der Waals surface area contributed by atoms with Crippen LogP contribution < -0.4 is 9.64 Å². The molecule has 1 atom stereocenters. The number of piperidine rings is 1. The highest BCUT2D eigenvalue weighted by atomic mass is 16.5. The number of rotatable bonds is 4. The van der Waals surface area contributed by atoms with Gasteiger partial charge in [-0.25, -0.2) is 9.97 Å². The molecular weight excluding hydrogens is 316 g/mol. The molecule has 0 N–H and O–H groups in total. The Morgan fingerprint density at radius 1 is 1.20 bits per heavy atom. The highest BCUT2D eigenvalue weighted by Crippen LogP contribution is 2.40. The number of aromatic nitrogens is 4. The van der Waals surface area contributed by atoms with Crippen molar-refractivity contribution < 1.29 is 4.74 Å². The van der Waals surface area contributed by atoms with Gasteiger partial charge in [0, 0.05) is 56.5 Å². The van der Waals surface area contributed by atoms with Crippen LogP contribution in [0.4, 0.5) is 5.82 Å². The molecule has 2 fully saturated rings. The summed E-state index contributed by atoms with van der Waals surface area (Å²) in [5, 5.41) is 4.29. The van der Waals surface area contributed by atoms with Gasteiger partial charge in [0.05, 0.1) is 13.3 Å². The highest BCUT2D eigenvalue weighted by Gasteiger charge is 2.41. The monoisotopic (exact) mass is 342 g/mol. The van der Waals surface area contributed by atoms with E-state index in [2.05, 4.69) is 31.1 Å². The lowest BCUT2D eigenvalue weighted by Crippen LogP contribution is -2.44. The molecule has 7 nitrogen and oxygen atoms in total. The minimum Gasteiger partial charge on any atom is -0.481 e. The number of anilines is 1. The molecule has 2 saturated heterocycles. The molecule has 0 radical (unpaired) electrons. The van der Waals surface area contributed by atoms with E-state index in [0.717, 1.165) is 32.0 Å². The minimum atomic E-state index is 0.374. The first-order chi connectivity index (χ1) is 12.2. The Bertz CT molecular complexity index is 732. The van der Waals surface area contributed by atoms with E-state index in [9.17, 15) is 0 Å². The average Bonchev–Trinajstić information content (AvgIpc) is 3.22. The van der Waals surface area contributed by atoms with Crippen molar-refractivity contribution in [2.24, 2.45) is 12.5 Å². The summed E-state index contributed by atoms with van der Waals surface area (Å²) >= 11 is 0. The van der Waals surface area contributed by atoms with E-state index in [1.54, 1.807) is 13.4 Å². The van der Waals surface area contributed by atoms with Crippen LogP contribution in [0.25, 0.3) is 0 Å². The Morgan fingerprint density at radius 2 is 2.12 bits per heavy atom. The third-order valence-electron chi connectivity index (χ3n) is 5.50. The maximum absolute atomic E-state index is 5.24. The summed E-state index contributed by atoms with van der Waals surface area (Å²) in [5.74, 6) is 1.61. The van der Waals surface area contributed by atoms with Gasteiger partial charge in [-0.15, -0.1) is 0 Å². The topological polar surface area (TPSA) is 59.3 Å². The van der Waals surface area contributed by atoms with Crippen LogP contribution in [0, 0.1) is 5.41 Å². The van der Waals surface area contributed by atoms with Crippen LogP contribution in [-0.4, -0.2) is 57.9 Å². The molecular formula is C18H26N6O. The normalized spacial score (nSPS) is 24.2. The number of hydrogen-bond acceptors (Lipinski definition) is 6. The summed E-state index contributed by atoms with van der Waals surface area (Å²) < 4.78 is 7.13. The van der Waals surface area contributed by atoms with E-state index in [0.29, 0.717) is 11.3 Å². The van der Waals surface area contributed by atoms with Gasteiger partial charge in [0.25, 0.3) is 0 Å². The molecule has 2 aromatic rings. The van der Waals surface area contributed by atoms with Crippen molar-refractivity contribution in [2.75, 3.05) is 38.2 Å². The van der Waals surface area contributed by atoms with Gasteiger partial charge in [-0.3, -0.25) is 9.58 Å². The molecule has 134 valence electrons. The van der Waals surface area contributed by atoms with Gasteiger partial charge in [-0.05, 0) is 25.8 Å². The highest BCUT2D eigenvalue weighted by molar-refractivity contribution is 5.42. The Morgan fingerprint density at radius 3 is 2.92 bits per heavy atom. The smallest absolute Gasteiger partial charge is 0.218 e. The number of ether oxygens (including phenoxy) is 1. The standard InChI is InChI=1S/C18H26N6O/c1-22-10-15(9-21-22)11-23-6-3-4-18(12-23)5-7-24(13-18)16-8-17(25-2)20-14-19-16/h8-10,14H,3-7,11-13H2,1-2H3/t18-/m1/s1. The number of hydrogen-bond donors (Lipinski definition) is 0. The number of likely N-dealkylation sites (tertiary alicyclic amines) is 1. The van der Waals surface area contributed by atoms with Gasteiger partial charge in [0.15, 0.2) is 0 Å². The fourth-order valence-electron chi connectivity index (χ4n) is 4.34. The van der Waals surface area contributed by atoms with Crippen LogP contribution in [-0.2, 0) is 13.6 Å². The first-order valence-electron chi connectivity index (χ1n) is 8.97. The zero-order valence-corrected chi connectivity index (χ0v) is 15.1. The molecule has 2 aliphatic rings. The molecule has 1 spiro atoms. The Labute approximate surface area is 148 Å². The summed E-state index contributed by atoms with van der Waals surface area (Å²) in [4.78, 5) is 13.5. The van der Waals surface area contributed by atoms with Crippen molar-refractivity contribution in [3.8, 4) is 5.88 Å². The Balaban J connectivity index is 1.43. The molecule has 2 aliphatic heterocycles. The van der Waals surface area contributed by atoms with E-state index in [1.165, 1.54) is 31.4 Å². The largest absolute Gasteiger partial charge is 0.481 e. The second kappa shape index (κ2) is 6.63. The second-order valence-electron chi connectivity index (χ2n) is 7.43. The van der Waals surface area contributed by atoms with Crippen LogP contribution in [0.5, 0.6) is 5.88 Å². The van der Waals surface area contributed by atoms with Crippen molar-refractivity contribution in [3.05, 3.63) is 30.4 Å².